The second-order valence-electron chi connectivity index (χ2n) is 2.38. The molecule has 0 amide bonds. The van der Waals surface area contributed by atoms with Crippen LogP contribution in [0.3, 0.4) is 0 Å². The van der Waals surface area contributed by atoms with Gasteiger partial charge in [-0.05, 0) is 20.0 Å². The molecule has 0 heterocycles. The van der Waals surface area contributed by atoms with Gasteiger partial charge in [-0.1, -0.05) is 13.8 Å². The molecule has 3 nitrogen and oxygen atoms in total. The van der Waals surface area contributed by atoms with Crippen molar-refractivity contribution in [3.05, 3.63) is 0 Å². The molecule has 2 N–H and O–H groups in total. The van der Waals surface area contributed by atoms with Crippen LogP contribution in [0.4, 0.5) is 0 Å². The lowest BCUT2D eigenvalue weighted by Crippen LogP contribution is -2.41. The summed E-state index contributed by atoms with van der Waals surface area (Å²) in [6.45, 7) is 7.52. The molecule has 10 heavy (non-hydrogen) atoms. The summed E-state index contributed by atoms with van der Waals surface area (Å²) in [7, 11) is 0. The number of hydrogen-bond donors (Lipinski definition) is 2. The Morgan fingerprint density at radius 1 is 1.20 bits per heavy atom. The molecule has 0 radical (unpaired) electrons. The summed E-state index contributed by atoms with van der Waals surface area (Å²) in [5, 5.41) is 17.5. The van der Waals surface area contributed by atoms with E-state index in [1.54, 1.807) is 6.92 Å². The van der Waals surface area contributed by atoms with Gasteiger partial charge in [0, 0.05) is 0 Å². The zero-order chi connectivity index (χ0) is 8.15. The van der Waals surface area contributed by atoms with Gasteiger partial charge in [-0.3, -0.25) is 4.90 Å². The maximum absolute atomic E-state index is 8.77. The van der Waals surface area contributed by atoms with Crippen LogP contribution < -0.4 is 0 Å². The highest BCUT2D eigenvalue weighted by Crippen LogP contribution is 2.00. The van der Waals surface area contributed by atoms with Crippen LogP contribution in [0, 0.1) is 0 Å². The molecular weight excluding hydrogens is 130 g/mol. The minimum Gasteiger partial charge on any atom is -0.367 e. The Kier molecular flexibility index (Phi) is 4.60. The first kappa shape index (κ1) is 9.88. The molecule has 0 aromatic rings. The van der Waals surface area contributed by atoms with Crippen LogP contribution in [0.25, 0.3) is 0 Å². The minimum absolute atomic E-state index is 0.157. The molecular formula is C7H17NO2. The number of hydrogen-bond acceptors (Lipinski definition) is 3. The van der Waals surface area contributed by atoms with Crippen molar-refractivity contribution in [1.82, 2.24) is 4.90 Å². The first-order chi connectivity index (χ1) is 4.63. The molecule has 0 spiro atoms. The number of likely N-dealkylation sites (N-methyl/N-ethyl adjacent to an activating group) is 1. The lowest BCUT2D eigenvalue weighted by atomic mass is 10.3. The van der Waals surface area contributed by atoms with Gasteiger partial charge in [-0.15, -0.1) is 0 Å². The van der Waals surface area contributed by atoms with Gasteiger partial charge in [0.25, 0.3) is 0 Å². The van der Waals surface area contributed by atoms with Gasteiger partial charge in [-0.25, -0.2) is 0 Å². The van der Waals surface area contributed by atoms with Crippen molar-refractivity contribution in [2.75, 3.05) is 13.1 Å². The van der Waals surface area contributed by atoms with Gasteiger partial charge >= 0.3 is 0 Å². The average Bonchev–Trinajstić information content (AvgIpc) is 1.90. The maximum Gasteiger partial charge on any atom is 0.166 e. The van der Waals surface area contributed by atoms with E-state index in [1.807, 2.05) is 18.7 Å². The Morgan fingerprint density at radius 2 is 1.60 bits per heavy atom. The number of aliphatic hydroxyl groups is 2. The molecule has 0 aliphatic rings. The monoisotopic (exact) mass is 147 g/mol. The molecule has 0 aromatic heterocycles. The summed E-state index contributed by atoms with van der Waals surface area (Å²) < 4.78 is 0. The molecule has 1 unspecified atom stereocenters. The predicted molar refractivity (Wildman–Crippen MR) is 40.6 cm³/mol. The van der Waals surface area contributed by atoms with Crippen LogP contribution in [0.1, 0.15) is 20.8 Å². The van der Waals surface area contributed by atoms with Gasteiger partial charge in [0.05, 0.1) is 6.04 Å². The summed E-state index contributed by atoms with van der Waals surface area (Å²) in [5.41, 5.74) is 0. The van der Waals surface area contributed by atoms with E-state index in [4.69, 9.17) is 10.2 Å². The average molecular weight is 147 g/mol. The molecule has 0 bridgehead atoms. The molecule has 0 fully saturated rings. The third-order valence-electron chi connectivity index (χ3n) is 1.82. The van der Waals surface area contributed by atoms with Crippen LogP contribution in [0.15, 0.2) is 0 Å². The largest absolute Gasteiger partial charge is 0.367 e. The zero-order valence-corrected chi connectivity index (χ0v) is 6.91. The molecule has 1 atom stereocenters. The lowest BCUT2D eigenvalue weighted by Gasteiger charge is -2.27. The van der Waals surface area contributed by atoms with Crippen molar-refractivity contribution in [3.8, 4) is 0 Å². The van der Waals surface area contributed by atoms with E-state index in [0.717, 1.165) is 13.1 Å². The fourth-order valence-corrected chi connectivity index (χ4v) is 0.988. The van der Waals surface area contributed by atoms with E-state index < -0.39 is 6.29 Å². The maximum atomic E-state index is 8.77. The molecule has 0 saturated heterocycles. The first-order valence-corrected chi connectivity index (χ1v) is 3.73. The Hall–Kier alpha value is -0.120. The normalized spacial score (nSPS) is 14.7. The van der Waals surface area contributed by atoms with E-state index in [0.29, 0.717) is 0 Å². The summed E-state index contributed by atoms with van der Waals surface area (Å²) >= 11 is 0. The van der Waals surface area contributed by atoms with Gasteiger partial charge in [0.15, 0.2) is 6.29 Å². The van der Waals surface area contributed by atoms with Crippen molar-refractivity contribution < 1.29 is 10.2 Å². The van der Waals surface area contributed by atoms with E-state index in [2.05, 4.69) is 0 Å². The summed E-state index contributed by atoms with van der Waals surface area (Å²) in [6, 6.07) is -0.157. The fourth-order valence-electron chi connectivity index (χ4n) is 0.988. The predicted octanol–water partition coefficient (Wildman–Crippen LogP) is 0.0274. The van der Waals surface area contributed by atoms with Gasteiger partial charge in [0.1, 0.15) is 0 Å². The van der Waals surface area contributed by atoms with E-state index >= 15 is 0 Å². The van der Waals surface area contributed by atoms with E-state index in [-0.39, 0.29) is 6.04 Å². The van der Waals surface area contributed by atoms with Crippen molar-refractivity contribution in [3.63, 3.8) is 0 Å². The third-order valence-corrected chi connectivity index (χ3v) is 1.82. The molecule has 62 valence electrons. The summed E-state index contributed by atoms with van der Waals surface area (Å²) in [6.07, 6.45) is -1.22. The van der Waals surface area contributed by atoms with Crippen molar-refractivity contribution in [2.24, 2.45) is 0 Å². The van der Waals surface area contributed by atoms with Gasteiger partial charge < -0.3 is 10.2 Å². The highest BCUT2D eigenvalue weighted by molar-refractivity contribution is 4.64. The lowest BCUT2D eigenvalue weighted by molar-refractivity contribution is -0.0930. The second kappa shape index (κ2) is 4.66. The number of nitrogens with zero attached hydrogens (tertiary/aromatic N) is 1. The molecule has 0 rings (SSSR count). The quantitative estimate of drug-likeness (QED) is 0.551. The molecule has 0 saturated carbocycles. The fraction of sp³-hybridized carbons (Fsp3) is 1.00. The standard InChI is InChI=1S/C7H17NO2/c1-4-8(5-2)6(3)7(9)10/h6-7,9-10H,4-5H2,1-3H3. The zero-order valence-electron chi connectivity index (χ0n) is 6.91. The van der Waals surface area contributed by atoms with Crippen LogP contribution in [0.2, 0.25) is 0 Å². The van der Waals surface area contributed by atoms with Gasteiger partial charge in [0.2, 0.25) is 0 Å². The summed E-state index contributed by atoms with van der Waals surface area (Å²) in [5.74, 6) is 0. The SMILES string of the molecule is CCN(CC)C(C)C(O)O. The Bertz CT molecular complexity index is 81.7. The minimum atomic E-state index is -1.22. The van der Waals surface area contributed by atoms with Crippen molar-refractivity contribution in [2.45, 2.75) is 33.1 Å². The highest BCUT2D eigenvalue weighted by atomic mass is 16.5. The number of rotatable bonds is 4. The van der Waals surface area contributed by atoms with Crippen molar-refractivity contribution in [1.29, 1.82) is 0 Å². The first-order valence-electron chi connectivity index (χ1n) is 3.73. The molecule has 0 aliphatic carbocycles. The number of aliphatic hydroxyl groups excluding tert-OH is 1. The summed E-state index contributed by atoms with van der Waals surface area (Å²) in [4.78, 5) is 1.99. The second-order valence-corrected chi connectivity index (χ2v) is 2.38. The molecule has 0 aliphatic heterocycles. The Morgan fingerprint density at radius 3 is 1.70 bits per heavy atom. The van der Waals surface area contributed by atoms with Crippen LogP contribution >= 0.6 is 0 Å². The van der Waals surface area contributed by atoms with E-state index in [9.17, 15) is 0 Å². The van der Waals surface area contributed by atoms with Crippen LogP contribution in [0.5, 0.6) is 0 Å². The topological polar surface area (TPSA) is 43.7 Å². The smallest absolute Gasteiger partial charge is 0.166 e. The van der Waals surface area contributed by atoms with E-state index in [1.165, 1.54) is 0 Å². The van der Waals surface area contributed by atoms with Crippen LogP contribution in [-0.2, 0) is 0 Å². The van der Waals surface area contributed by atoms with Crippen LogP contribution in [-0.4, -0.2) is 40.5 Å². The third kappa shape index (κ3) is 2.64. The molecule has 3 heteroatoms. The highest BCUT2D eigenvalue weighted by Gasteiger charge is 2.15. The Labute approximate surface area is 62.3 Å². The van der Waals surface area contributed by atoms with Gasteiger partial charge in [-0.2, -0.15) is 0 Å². The Balaban J connectivity index is 3.76. The molecule has 0 aromatic carbocycles. The van der Waals surface area contributed by atoms with Crippen molar-refractivity contribution >= 4 is 0 Å².